The van der Waals surface area contributed by atoms with E-state index in [1.54, 1.807) is 6.08 Å². The van der Waals surface area contributed by atoms with E-state index in [1.807, 2.05) is 0 Å². The predicted molar refractivity (Wildman–Crippen MR) is 20.4 cm³/mol. The van der Waals surface area contributed by atoms with Gasteiger partial charge in [-0.2, -0.15) is 0 Å². The normalized spacial score (nSPS) is 8.67. The van der Waals surface area contributed by atoms with Gasteiger partial charge in [-0.15, -0.1) is 0 Å². The fraction of sp³-hybridized carbons (Fsp3) is 0. The van der Waals surface area contributed by atoms with Crippen LogP contribution in [0, 0.1) is 6.58 Å². The molecule has 0 bridgehead atoms. The second kappa shape index (κ2) is 4.80. The van der Waals surface area contributed by atoms with E-state index in [0.29, 0.717) is 0 Å². The van der Waals surface area contributed by atoms with Crippen LogP contribution in [0.3, 0.4) is 0 Å². The molecule has 0 aromatic heterocycles. The van der Waals surface area contributed by atoms with Crippen LogP contribution in [-0.2, 0) is 15.8 Å². The van der Waals surface area contributed by atoms with E-state index in [-0.39, 0.29) is 0 Å². The molecule has 0 aliphatic rings. The molecule has 0 aromatic rings. The van der Waals surface area contributed by atoms with Gasteiger partial charge in [0.05, 0.1) is 0 Å². The summed E-state index contributed by atoms with van der Waals surface area (Å²) < 4.78 is 3.38. The Morgan fingerprint density at radius 2 is 2.33 bits per heavy atom. The molecule has 0 saturated carbocycles. The zero-order valence-electron chi connectivity index (χ0n) is 3.11. The number of hydrogen-bond acceptors (Lipinski definition) is 1. The van der Waals surface area contributed by atoms with Crippen molar-refractivity contribution in [3.8, 4) is 0 Å². The molecule has 33 valence electrons. The minimum atomic E-state index is 1.40. The molecule has 0 aromatic carbocycles. The van der Waals surface area contributed by atoms with E-state index >= 15 is 0 Å². The van der Waals surface area contributed by atoms with Crippen LogP contribution in [0.15, 0.2) is 22.3 Å². The summed E-state index contributed by atoms with van der Waals surface area (Å²) in [6.07, 6.45) is 4.52. The Bertz CT molecular complexity index is 65.6. The molecule has 0 amide bonds. The predicted octanol–water partition coefficient (Wildman–Crippen LogP) is 1.22. The summed E-state index contributed by atoms with van der Waals surface area (Å²) in [5, 5.41) is 0. The van der Waals surface area contributed by atoms with Crippen molar-refractivity contribution < 1.29 is 15.8 Å². The first kappa shape index (κ1) is 5.80. The van der Waals surface area contributed by atoms with Crippen molar-refractivity contribution in [2.24, 2.45) is 3.96 Å². The quantitative estimate of drug-likeness (QED) is 0.296. The Morgan fingerprint density at radius 1 is 1.67 bits per heavy atom. The van der Waals surface area contributed by atoms with Crippen LogP contribution in [0.2, 0.25) is 0 Å². The van der Waals surface area contributed by atoms with Crippen LogP contribution in [0.25, 0.3) is 0 Å². The van der Waals surface area contributed by atoms with Gasteiger partial charge in [0.1, 0.15) is 0 Å². The molecular weight excluding hydrogens is 118 g/mol. The Morgan fingerprint density at radius 3 is 2.50 bits per heavy atom. The fourth-order valence-electron chi connectivity index (χ4n) is 0.0801. The Kier molecular flexibility index (Phi) is 4.64. The second-order valence-electron chi connectivity index (χ2n) is 0.625. The van der Waals surface area contributed by atoms with Crippen molar-refractivity contribution in [1.29, 1.82) is 0 Å². The third-order valence-electron chi connectivity index (χ3n) is 0.250. The molecule has 0 fully saturated rings. The van der Waals surface area contributed by atoms with Gasteiger partial charge in [0, 0.05) is 0 Å². The topological polar surface area (TPSA) is 12.4 Å². The monoisotopic (exact) mass is 122 g/mol. The molecule has 0 spiro atoms. The van der Waals surface area contributed by atoms with Gasteiger partial charge in [-0.05, 0) is 0 Å². The van der Waals surface area contributed by atoms with Crippen molar-refractivity contribution in [3.63, 3.8) is 0 Å². The van der Waals surface area contributed by atoms with Crippen LogP contribution in [-0.4, -0.2) is 0 Å². The van der Waals surface area contributed by atoms with Gasteiger partial charge in [0.25, 0.3) is 0 Å². The third kappa shape index (κ3) is 3.80. The van der Waals surface area contributed by atoms with Gasteiger partial charge in [-0.25, -0.2) is 0 Å². The average Bonchev–Trinajstić information content (AvgIpc) is 1.61. The van der Waals surface area contributed by atoms with Crippen molar-refractivity contribution >= 4 is 0 Å². The summed E-state index contributed by atoms with van der Waals surface area (Å²) in [7, 11) is 0. The van der Waals surface area contributed by atoms with Gasteiger partial charge >= 0.3 is 44.7 Å². The summed E-state index contributed by atoms with van der Waals surface area (Å²) >= 11 is 3.19. The SMILES string of the molecule is [CH-]=C/C=C\[N]=[Fe+]. The number of allylic oxidation sites excluding steroid dienone is 2. The number of hydrogen-bond donors (Lipinski definition) is 0. The summed E-state index contributed by atoms with van der Waals surface area (Å²) in [4.78, 5) is 0. The molecule has 1 nitrogen and oxygen atoms in total. The first-order valence-electron chi connectivity index (χ1n) is 1.42. The maximum absolute atomic E-state index is 4.92. The van der Waals surface area contributed by atoms with E-state index in [9.17, 15) is 0 Å². The minimum absolute atomic E-state index is 1.40. The second-order valence-corrected chi connectivity index (χ2v) is 0.910. The molecular formula is C4H4FeN. The van der Waals surface area contributed by atoms with Gasteiger partial charge in [-0.1, -0.05) is 0 Å². The van der Waals surface area contributed by atoms with Crippen molar-refractivity contribution in [2.45, 2.75) is 0 Å². The Balaban J connectivity index is 3.17. The molecule has 0 N–H and O–H groups in total. The van der Waals surface area contributed by atoms with Crippen LogP contribution in [0.4, 0.5) is 0 Å². The van der Waals surface area contributed by atoms with E-state index in [2.05, 4.69) is 19.8 Å². The zero-order chi connectivity index (χ0) is 4.83. The van der Waals surface area contributed by atoms with Crippen molar-refractivity contribution in [1.82, 2.24) is 0 Å². The van der Waals surface area contributed by atoms with Gasteiger partial charge in [0.15, 0.2) is 0 Å². The van der Waals surface area contributed by atoms with E-state index in [1.165, 1.54) is 12.3 Å². The van der Waals surface area contributed by atoms with Crippen LogP contribution in [0.1, 0.15) is 0 Å². The Hall–Kier alpha value is -0.201. The summed E-state index contributed by atoms with van der Waals surface area (Å²) in [6.45, 7) is 4.92. The molecule has 0 radical (unpaired) electrons. The molecule has 0 rings (SSSR count). The van der Waals surface area contributed by atoms with E-state index < -0.39 is 0 Å². The number of rotatable bonds is 2. The standard InChI is InChI=1S/C4H4N.Fe/c1-2-3-4-5;/h1-4H;/q-1;+1/b4-3-;. The molecule has 0 aliphatic carbocycles. The molecule has 2 heteroatoms. The average molecular weight is 122 g/mol. The zero-order valence-corrected chi connectivity index (χ0v) is 4.21. The molecule has 0 unspecified atom stereocenters. The first-order valence-corrected chi connectivity index (χ1v) is 1.91. The fourth-order valence-corrected chi connectivity index (χ4v) is 0.175. The Labute approximate surface area is 45.4 Å². The molecule has 6 heavy (non-hydrogen) atoms. The third-order valence-corrected chi connectivity index (χ3v) is 0.414. The summed E-state index contributed by atoms with van der Waals surface area (Å²) in [6, 6.07) is 0. The molecule has 0 aliphatic heterocycles. The van der Waals surface area contributed by atoms with Crippen LogP contribution >= 0.6 is 0 Å². The van der Waals surface area contributed by atoms with Crippen molar-refractivity contribution in [3.05, 3.63) is 24.9 Å². The molecule has 0 heterocycles. The molecule has 0 atom stereocenters. The van der Waals surface area contributed by atoms with Gasteiger partial charge < -0.3 is 0 Å². The maximum atomic E-state index is 4.92. The summed E-state index contributed by atoms with van der Waals surface area (Å²) in [5.41, 5.74) is 0. The van der Waals surface area contributed by atoms with E-state index in [4.69, 9.17) is 6.58 Å². The summed E-state index contributed by atoms with van der Waals surface area (Å²) in [5.74, 6) is 0. The van der Waals surface area contributed by atoms with Gasteiger partial charge in [0.2, 0.25) is 0 Å². The number of nitrogens with zero attached hydrogens (tertiary/aromatic N) is 1. The first-order chi connectivity index (χ1) is 2.91. The van der Waals surface area contributed by atoms with Gasteiger partial charge in [-0.3, -0.25) is 0 Å². The van der Waals surface area contributed by atoms with Crippen LogP contribution < -0.4 is 0 Å². The van der Waals surface area contributed by atoms with Crippen LogP contribution in [0.5, 0.6) is 0 Å². The molecule has 0 saturated heterocycles. The van der Waals surface area contributed by atoms with Crippen molar-refractivity contribution in [2.75, 3.05) is 0 Å². The van der Waals surface area contributed by atoms with E-state index in [0.717, 1.165) is 0 Å².